The second-order valence-corrected chi connectivity index (χ2v) is 10.1. The van der Waals surface area contributed by atoms with Gasteiger partial charge in [-0.1, -0.05) is 53.8 Å². The number of methoxy groups -OCH3 is 1. The van der Waals surface area contributed by atoms with E-state index in [2.05, 4.69) is 0 Å². The van der Waals surface area contributed by atoms with E-state index in [9.17, 15) is 9.59 Å². The monoisotopic (exact) mass is 516 g/mol. The van der Waals surface area contributed by atoms with E-state index in [1.807, 2.05) is 79.0 Å². The molecule has 1 aliphatic heterocycles. The number of esters is 1. The maximum absolute atomic E-state index is 13.8. The molecular weight excluding hydrogens is 492 g/mol. The maximum Gasteiger partial charge on any atom is 0.338 e. The van der Waals surface area contributed by atoms with E-state index < -0.39 is 12.0 Å². The highest BCUT2D eigenvalue weighted by Gasteiger charge is 2.35. The molecule has 36 heavy (non-hydrogen) atoms. The van der Waals surface area contributed by atoms with Crippen molar-refractivity contribution in [1.82, 2.24) is 4.57 Å². The number of ether oxygens (including phenoxy) is 2. The second kappa shape index (κ2) is 10.1. The summed E-state index contributed by atoms with van der Waals surface area (Å²) in [6, 6.07) is 18.2. The number of thiazole rings is 1. The number of hydrogen-bond donors (Lipinski definition) is 0. The zero-order valence-corrected chi connectivity index (χ0v) is 21.7. The highest BCUT2D eigenvalue weighted by atomic mass is 32.1. The number of rotatable bonds is 6. The first-order valence-electron chi connectivity index (χ1n) is 11.5. The third-order valence-electron chi connectivity index (χ3n) is 5.95. The number of carbonyl (C=O) groups excluding carboxylic acids is 1. The van der Waals surface area contributed by atoms with Crippen molar-refractivity contribution in [1.29, 1.82) is 0 Å². The lowest BCUT2D eigenvalue weighted by Crippen LogP contribution is -2.40. The molecule has 182 valence electrons. The molecule has 0 aliphatic carbocycles. The Morgan fingerprint density at radius 1 is 1.14 bits per heavy atom. The van der Waals surface area contributed by atoms with E-state index >= 15 is 0 Å². The van der Waals surface area contributed by atoms with E-state index in [-0.39, 0.29) is 12.2 Å². The predicted molar refractivity (Wildman–Crippen MR) is 143 cm³/mol. The minimum absolute atomic E-state index is 0.201. The topological polar surface area (TPSA) is 69.9 Å². The van der Waals surface area contributed by atoms with Gasteiger partial charge < -0.3 is 9.47 Å². The summed E-state index contributed by atoms with van der Waals surface area (Å²) in [5.74, 6) is 0.126. The van der Waals surface area contributed by atoms with Crippen molar-refractivity contribution in [3.63, 3.8) is 0 Å². The molecule has 1 unspecified atom stereocenters. The van der Waals surface area contributed by atoms with Gasteiger partial charge >= 0.3 is 5.97 Å². The van der Waals surface area contributed by atoms with Gasteiger partial charge in [-0.05, 0) is 54.6 Å². The fourth-order valence-electron chi connectivity index (χ4n) is 4.22. The molecule has 1 aliphatic rings. The molecule has 6 nitrogen and oxygen atoms in total. The summed E-state index contributed by atoms with van der Waals surface area (Å²) >= 11 is 2.90. The van der Waals surface area contributed by atoms with Crippen LogP contribution in [0, 0.1) is 6.92 Å². The average molecular weight is 517 g/mol. The number of nitrogens with zero attached hydrogens (tertiary/aromatic N) is 2. The van der Waals surface area contributed by atoms with Crippen molar-refractivity contribution in [2.75, 3.05) is 13.7 Å². The van der Waals surface area contributed by atoms with Gasteiger partial charge in [-0.15, -0.1) is 11.3 Å². The van der Waals surface area contributed by atoms with E-state index in [0.717, 1.165) is 21.6 Å². The number of fused-ring (bicyclic) bond motifs is 1. The molecular formula is C28H24N2O4S2. The summed E-state index contributed by atoms with van der Waals surface area (Å²) in [6.45, 7) is 3.99. The van der Waals surface area contributed by atoms with Crippen LogP contribution in [0.3, 0.4) is 0 Å². The Balaban J connectivity index is 1.85. The van der Waals surface area contributed by atoms with Gasteiger partial charge in [-0.2, -0.15) is 0 Å². The van der Waals surface area contributed by atoms with Crippen LogP contribution in [0.1, 0.15) is 34.5 Å². The van der Waals surface area contributed by atoms with Gasteiger partial charge in [-0.25, -0.2) is 9.79 Å². The van der Waals surface area contributed by atoms with Crippen LogP contribution < -0.4 is 19.6 Å². The summed E-state index contributed by atoms with van der Waals surface area (Å²) in [4.78, 5) is 33.7. The Morgan fingerprint density at radius 2 is 1.94 bits per heavy atom. The van der Waals surface area contributed by atoms with Crippen molar-refractivity contribution in [2.45, 2.75) is 19.9 Å². The van der Waals surface area contributed by atoms with Gasteiger partial charge in [0.1, 0.15) is 5.75 Å². The minimum Gasteiger partial charge on any atom is -0.497 e. The Labute approximate surface area is 216 Å². The predicted octanol–water partition coefficient (Wildman–Crippen LogP) is 4.31. The second-order valence-electron chi connectivity index (χ2n) is 8.18. The van der Waals surface area contributed by atoms with Gasteiger partial charge in [0.15, 0.2) is 4.80 Å². The third-order valence-corrected chi connectivity index (χ3v) is 7.90. The van der Waals surface area contributed by atoms with Crippen LogP contribution in [0.25, 0.3) is 11.8 Å². The molecule has 1 atom stereocenters. The maximum atomic E-state index is 13.8. The molecule has 0 saturated heterocycles. The van der Waals surface area contributed by atoms with Gasteiger partial charge in [-0.3, -0.25) is 9.36 Å². The van der Waals surface area contributed by atoms with Crippen LogP contribution in [0.2, 0.25) is 0 Å². The van der Waals surface area contributed by atoms with Gasteiger partial charge in [0.05, 0.1) is 35.6 Å². The Hall–Kier alpha value is -3.75. The van der Waals surface area contributed by atoms with Crippen molar-refractivity contribution < 1.29 is 14.3 Å². The molecule has 8 heteroatoms. The number of carbonyl (C=O) groups is 1. The molecule has 2 aromatic heterocycles. The smallest absolute Gasteiger partial charge is 0.338 e. The molecule has 2 aromatic carbocycles. The highest BCUT2D eigenvalue weighted by Crippen LogP contribution is 2.36. The number of aryl methyl sites for hydroxylation is 1. The number of thiophene rings is 1. The van der Waals surface area contributed by atoms with Crippen molar-refractivity contribution >= 4 is 40.4 Å². The van der Waals surface area contributed by atoms with Crippen molar-refractivity contribution in [3.8, 4) is 5.75 Å². The average Bonchev–Trinajstić information content (AvgIpc) is 3.45. The summed E-state index contributed by atoms with van der Waals surface area (Å²) in [6.07, 6.45) is 1.91. The zero-order valence-electron chi connectivity index (χ0n) is 20.1. The van der Waals surface area contributed by atoms with E-state index in [4.69, 9.17) is 14.5 Å². The van der Waals surface area contributed by atoms with E-state index in [1.165, 1.54) is 11.3 Å². The molecule has 0 amide bonds. The quantitative estimate of drug-likeness (QED) is 0.358. The van der Waals surface area contributed by atoms with Crippen LogP contribution in [0.5, 0.6) is 5.75 Å². The molecule has 0 radical (unpaired) electrons. The normalized spacial score (nSPS) is 15.4. The summed E-state index contributed by atoms with van der Waals surface area (Å²) in [5, 5.41) is 2.00. The first-order valence-corrected chi connectivity index (χ1v) is 13.2. The third kappa shape index (κ3) is 4.34. The fourth-order valence-corrected chi connectivity index (χ4v) is 6.13. The van der Waals surface area contributed by atoms with E-state index in [0.29, 0.717) is 26.4 Å². The summed E-state index contributed by atoms with van der Waals surface area (Å²) in [5.41, 5.74) is 3.24. The van der Waals surface area contributed by atoms with Gasteiger partial charge in [0.2, 0.25) is 0 Å². The molecule has 0 saturated carbocycles. The lowest BCUT2D eigenvalue weighted by atomic mass is 9.93. The number of aromatic nitrogens is 1. The van der Waals surface area contributed by atoms with Crippen LogP contribution in [0.4, 0.5) is 0 Å². The fraction of sp³-hybridized carbons (Fsp3) is 0.179. The van der Waals surface area contributed by atoms with Crippen LogP contribution >= 0.6 is 22.7 Å². The number of hydrogen-bond acceptors (Lipinski definition) is 7. The lowest BCUT2D eigenvalue weighted by Gasteiger charge is -2.26. The Kier molecular flexibility index (Phi) is 6.71. The van der Waals surface area contributed by atoms with Crippen molar-refractivity contribution in [3.05, 3.63) is 113 Å². The molecule has 0 spiro atoms. The molecule has 0 fully saturated rings. The highest BCUT2D eigenvalue weighted by molar-refractivity contribution is 7.11. The minimum atomic E-state index is -0.725. The first-order chi connectivity index (χ1) is 17.5. The summed E-state index contributed by atoms with van der Waals surface area (Å²) in [7, 11) is 1.59. The first kappa shape index (κ1) is 24.0. The van der Waals surface area contributed by atoms with Crippen molar-refractivity contribution in [2.24, 2.45) is 4.99 Å². The number of benzene rings is 2. The molecule has 3 heterocycles. The summed E-state index contributed by atoms with van der Waals surface area (Å²) < 4.78 is 13.1. The van der Waals surface area contributed by atoms with Gasteiger partial charge in [0.25, 0.3) is 5.56 Å². The standard InChI is InChI=1S/C28H24N2O4S2/c1-4-34-27(32)23-24(18-9-6-5-7-10-18)29-28-30(25(23)19-11-8-12-20(15-19)33-3)26(31)22(36-28)16-21-17(2)13-14-35-21/h5-16,25H,4H2,1-3H3. The Morgan fingerprint density at radius 3 is 2.64 bits per heavy atom. The lowest BCUT2D eigenvalue weighted by molar-refractivity contribution is -0.138. The van der Waals surface area contributed by atoms with E-state index in [1.54, 1.807) is 29.9 Å². The SMILES string of the molecule is CCOC(=O)C1=C(c2ccccc2)N=c2sc(=Cc3sccc3C)c(=O)n2C1c1cccc(OC)c1. The van der Waals surface area contributed by atoms with Gasteiger partial charge in [0, 0.05) is 10.4 Å². The molecule has 0 bridgehead atoms. The molecule has 4 aromatic rings. The van der Waals surface area contributed by atoms with Crippen LogP contribution in [-0.4, -0.2) is 24.3 Å². The van der Waals surface area contributed by atoms with Crippen LogP contribution in [-0.2, 0) is 9.53 Å². The Bertz CT molecular complexity index is 1640. The molecule has 0 N–H and O–H groups in total. The zero-order chi connectivity index (χ0) is 25.2. The largest absolute Gasteiger partial charge is 0.497 e. The molecule has 5 rings (SSSR count). The van der Waals surface area contributed by atoms with Crippen LogP contribution in [0.15, 0.2) is 81.4 Å².